The Bertz CT molecular complexity index is 1050. The number of methoxy groups -OCH3 is 2. The Morgan fingerprint density at radius 3 is 2.41 bits per heavy atom. The van der Waals surface area contributed by atoms with Gasteiger partial charge in [-0.15, -0.1) is 0 Å². The first-order chi connectivity index (χ1) is 15.4. The molecule has 1 atom stereocenters. The van der Waals surface area contributed by atoms with Crippen molar-refractivity contribution in [2.45, 2.75) is 25.3 Å². The van der Waals surface area contributed by atoms with E-state index in [-0.39, 0.29) is 36.1 Å². The second kappa shape index (κ2) is 8.98. The molecule has 0 aromatic heterocycles. The number of carbonyl (C=O) groups excluding carboxylic acids is 2. The highest BCUT2D eigenvalue weighted by atomic mass is 19.1. The van der Waals surface area contributed by atoms with Crippen molar-refractivity contribution in [3.63, 3.8) is 0 Å². The van der Waals surface area contributed by atoms with E-state index in [0.29, 0.717) is 23.6 Å². The molecule has 1 aliphatic carbocycles. The van der Waals surface area contributed by atoms with Crippen LogP contribution in [0, 0.1) is 11.7 Å². The minimum atomic E-state index is -0.383. The van der Waals surface area contributed by atoms with Crippen LogP contribution >= 0.6 is 0 Å². The van der Waals surface area contributed by atoms with E-state index in [1.54, 1.807) is 39.5 Å². The first-order valence-electron chi connectivity index (χ1n) is 10.5. The van der Waals surface area contributed by atoms with Gasteiger partial charge in [0.2, 0.25) is 5.91 Å². The van der Waals surface area contributed by atoms with Crippen LogP contribution in [0.4, 0.5) is 4.39 Å². The van der Waals surface area contributed by atoms with Gasteiger partial charge in [-0.05, 0) is 48.2 Å². The Hall–Kier alpha value is -3.42. The van der Waals surface area contributed by atoms with Gasteiger partial charge in [-0.1, -0.05) is 18.2 Å². The minimum Gasteiger partial charge on any atom is -0.493 e. The average Bonchev–Trinajstić information content (AvgIpc) is 3.56. The number of rotatable bonds is 7. The summed E-state index contributed by atoms with van der Waals surface area (Å²) < 4.78 is 24.1. The van der Waals surface area contributed by atoms with E-state index in [1.807, 2.05) is 12.1 Å². The third kappa shape index (κ3) is 4.44. The highest BCUT2D eigenvalue weighted by Gasteiger charge is 2.37. The number of hydrazone groups is 1. The minimum absolute atomic E-state index is 0.0112. The van der Waals surface area contributed by atoms with E-state index in [0.717, 1.165) is 24.0 Å². The summed E-state index contributed by atoms with van der Waals surface area (Å²) in [6.45, 7) is -0.0562. The second-order valence-electron chi connectivity index (χ2n) is 8.09. The molecule has 1 saturated carbocycles. The molecule has 168 valence electrons. The molecule has 0 bridgehead atoms. The monoisotopic (exact) mass is 439 g/mol. The van der Waals surface area contributed by atoms with Crippen molar-refractivity contribution in [1.82, 2.24) is 9.91 Å². The summed E-state index contributed by atoms with van der Waals surface area (Å²) in [4.78, 5) is 27.0. The lowest BCUT2D eigenvalue weighted by Crippen LogP contribution is -2.39. The van der Waals surface area contributed by atoms with E-state index in [9.17, 15) is 14.0 Å². The number of benzene rings is 2. The number of likely N-dealkylation sites (N-methyl/N-ethyl adjacent to an activating group) is 1. The van der Waals surface area contributed by atoms with E-state index in [1.165, 1.54) is 22.0 Å². The van der Waals surface area contributed by atoms with Crippen molar-refractivity contribution in [3.8, 4) is 11.5 Å². The molecule has 0 N–H and O–H groups in total. The molecule has 7 nitrogen and oxygen atoms in total. The van der Waals surface area contributed by atoms with Gasteiger partial charge in [0.25, 0.3) is 5.91 Å². The second-order valence-corrected chi connectivity index (χ2v) is 8.09. The van der Waals surface area contributed by atoms with Crippen LogP contribution in [0.1, 0.15) is 36.4 Å². The molecule has 0 spiro atoms. The van der Waals surface area contributed by atoms with Crippen LogP contribution in [-0.2, 0) is 9.59 Å². The normalized spacial score (nSPS) is 17.7. The Labute approximate surface area is 186 Å². The van der Waals surface area contributed by atoms with E-state index < -0.39 is 0 Å². The van der Waals surface area contributed by atoms with Gasteiger partial charge < -0.3 is 14.4 Å². The topological polar surface area (TPSA) is 71.4 Å². The predicted molar refractivity (Wildman–Crippen MR) is 117 cm³/mol. The lowest BCUT2D eigenvalue weighted by Gasteiger charge is -2.25. The number of carbonyl (C=O) groups is 2. The lowest BCUT2D eigenvalue weighted by molar-refractivity contribution is -0.141. The maximum atomic E-state index is 13.4. The van der Waals surface area contributed by atoms with Crippen LogP contribution in [0.25, 0.3) is 0 Å². The van der Waals surface area contributed by atoms with Gasteiger partial charge in [0, 0.05) is 19.4 Å². The SMILES string of the molecule is COc1ccc(C2CC(c3ccc(F)cc3)=NN2C(=O)CN(C)C(=O)C2CC2)cc1OC. The van der Waals surface area contributed by atoms with Crippen molar-refractivity contribution in [3.05, 3.63) is 59.4 Å². The zero-order valence-corrected chi connectivity index (χ0v) is 18.4. The van der Waals surface area contributed by atoms with Crippen molar-refractivity contribution in [1.29, 1.82) is 0 Å². The van der Waals surface area contributed by atoms with Gasteiger partial charge in [-0.25, -0.2) is 9.40 Å². The van der Waals surface area contributed by atoms with Crippen LogP contribution in [0.5, 0.6) is 11.5 Å². The maximum Gasteiger partial charge on any atom is 0.262 e. The summed E-state index contributed by atoms with van der Waals surface area (Å²) >= 11 is 0. The first kappa shape index (κ1) is 21.8. The number of hydrogen-bond donors (Lipinski definition) is 0. The zero-order valence-electron chi connectivity index (χ0n) is 18.4. The van der Waals surface area contributed by atoms with Crippen LogP contribution in [0.3, 0.4) is 0 Å². The summed E-state index contributed by atoms with van der Waals surface area (Å²) in [7, 11) is 4.76. The van der Waals surface area contributed by atoms with Gasteiger partial charge in [0.15, 0.2) is 11.5 Å². The maximum absolute atomic E-state index is 13.4. The van der Waals surface area contributed by atoms with E-state index in [2.05, 4.69) is 5.10 Å². The quantitative estimate of drug-likeness (QED) is 0.663. The third-order valence-electron chi connectivity index (χ3n) is 5.81. The van der Waals surface area contributed by atoms with Crippen LogP contribution in [0.15, 0.2) is 47.6 Å². The summed E-state index contributed by atoms with van der Waals surface area (Å²) in [5.41, 5.74) is 2.25. The van der Waals surface area contributed by atoms with Crippen molar-refractivity contribution in [2.24, 2.45) is 11.0 Å². The first-order valence-corrected chi connectivity index (χ1v) is 10.5. The van der Waals surface area contributed by atoms with Gasteiger partial charge in [0.1, 0.15) is 12.4 Å². The third-order valence-corrected chi connectivity index (χ3v) is 5.81. The molecule has 1 heterocycles. The zero-order chi connectivity index (χ0) is 22.8. The van der Waals surface area contributed by atoms with Gasteiger partial charge in [-0.3, -0.25) is 9.59 Å². The largest absolute Gasteiger partial charge is 0.493 e. The number of amides is 2. The Morgan fingerprint density at radius 1 is 1.09 bits per heavy atom. The molecule has 1 fully saturated rings. The summed E-state index contributed by atoms with van der Waals surface area (Å²) in [6, 6.07) is 11.1. The highest BCUT2D eigenvalue weighted by molar-refractivity contribution is 6.03. The molecule has 2 aromatic rings. The molecule has 2 aromatic carbocycles. The smallest absolute Gasteiger partial charge is 0.262 e. The van der Waals surface area contributed by atoms with E-state index >= 15 is 0 Å². The van der Waals surface area contributed by atoms with Crippen molar-refractivity contribution in [2.75, 3.05) is 27.8 Å². The standard InChI is InChI=1S/C24H26FN3O4/c1-27(24(30)16-4-5-16)14-23(29)28-20(17-8-11-21(31-2)22(12-17)32-3)13-19(26-28)15-6-9-18(25)10-7-15/h6-12,16,20H,4-5,13-14H2,1-3H3. The van der Waals surface area contributed by atoms with Gasteiger partial charge >= 0.3 is 0 Å². The fraction of sp³-hybridized carbons (Fsp3) is 0.375. The van der Waals surface area contributed by atoms with Crippen LogP contribution < -0.4 is 9.47 Å². The Balaban J connectivity index is 1.63. The molecule has 0 radical (unpaired) electrons. The Kier molecular flexibility index (Phi) is 6.12. The van der Waals surface area contributed by atoms with Crippen LogP contribution in [-0.4, -0.2) is 55.2 Å². The van der Waals surface area contributed by atoms with Gasteiger partial charge in [-0.2, -0.15) is 5.10 Å². The summed E-state index contributed by atoms with van der Waals surface area (Å²) in [5.74, 6) is 0.541. The average molecular weight is 439 g/mol. The molecular weight excluding hydrogens is 413 g/mol. The fourth-order valence-electron chi connectivity index (χ4n) is 3.87. The number of ether oxygens (including phenoxy) is 2. The lowest BCUT2D eigenvalue weighted by atomic mass is 9.98. The van der Waals surface area contributed by atoms with Crippen molar-refractivity contribution < 1.29 is 23.5 Å². The Morgan fingerprint density at radius 2 is 1.78 bits per heavy atom. The number of hydrogen-bond acceptors (Lipinski definition) is 5. The van der Waals surface area contributed by atoms with Crippen LogP contribution in [0.2, 0.25) is 0 Å². The molecular formula is C24H26FN3O4. The molecule has 1 unspecified atom stereocenters. The highest BCUT2D eigenvalue weighted by Crippen LogP contribution is 2.37. The molecule has 1 aliphatic heterocycles. The summed E-state index contributed by atoms with van der Waals surface area (Å²) in [5, 5.41) is 6.01. The molecule has 4 rings (SSSR count). The molecule has 32 heavy (non-hydrogen) atoms. The number of halogens is 1. The molecule has 0 saturated heterocycles. The molecule has 8 heteroatoms. The predicted octanol–water partition coefficient (Wildman–Crippen LogP) is 3.39. The van der Waals surface area contributed by atoms with Gasteiger partial charge in [0.05, 0.1) is 26.0 Å². The summed E-state index contributed by atoms with van der Waals surface area (Å²) in [6.07, 6.45) is 2.21. The van der Waals surface area contributed by atoms with E-state index in [4.69, 9.17) is 9.47 Å². The molecule has 2 amide bonds. The fourth-order valence-corrected chi connectivity index (χ4v) is 3.87. The molecule has 2 aliphatic rings. The number of nitrogens with zero attached hydrogens (tertiary/aromatic N) is 3. The van der Waals surface area contributed by atoms with Crippen molar-refractivity contribution >= 4 is 17.5 Å².